The number of aryl methyl sites for hydroxylation is 1. The number of nitrogens with one attached hydrogen (secondary N) is 1. The van der Waals surface area contributed by atoms with Gasteiger partial charge in [-0.05, 0) is 49.1 Å². The van der Waals surface area contributed by atoms with Gasteiger partial charge in [-0.2, -0.15) is 0 Å². The molecule has 0 spiro atoms. The summed E-state index contributed by atoms with van der Waals surface area (Å²) in [7, 11) is 0. The molecule has 0 aliphatic heterocycles. The quantitative estimate of drug-likeness (QED) is 0.831. The number of hydrogen-bond donors (Lipinski definition) is 2. The Labute approximate surface area is 124 Å². The molecule has 112 valence electrons. The highest BCUT2D eigenvalue weighted by atomic mass is 16.4. The summed E-state index contributed by atoms with van der Waals surface area (Å²) in [6.07, 6.45) is 8.10. The fraction of sp³-hybridized carbons (Fsp3) is 0.412. The Morgan fingerprint density at radius 3 is 2.57 bits per heavy atom. The average Bonchev–Trinajstić information content (AvgIpc) is 2.48. The minimum absolute atomic E-state index is 0.103. The van der Waals surface area contributed by atoms with Gasteiger partial charge < -0.3 is 10.4 Å². The van der Waals surface area contributed by atoms with Crippen LogP contribution in [-0.4, -0.2) is 17.0 Å². The van der Waals surface area contributed by atoms with Crippen LogP contribution in [-0.2, 0) is 9.59 Å². The predicted octanol–water partition coefficient (Wildman–Crippen LogP) is 3.61. The molecule has 0 atom stereocenters. The number of amides is 1. The third kappa shape index (κ3) is 4.45. The van der Waals surface area contributed by atoms with E-state index in [1.807, 2.05) is 25.1 Å². The first-order chi connectivity index (χ1) is 10.1. The Morgan fingerprint density at radius 2 is 1.95 bits per heavy atom. The molecule has 4 nitrogen and oxygen atoms in total. The van der Waals surface area contributed by atoms with E-state index in [0.29, 0.717) is 0 Å². The topological polar surface area (TPSA) is 66.4 Å². The SMILES string of the molecule is Cc1cc(C=CC(=O)O)ccc1NC(=O)C1CCCCC1. The van der Waals surface area contributed by atoms with E-state index in [2.05, 4.69) is 5.32 Å². The maximum absolute atomic E-state index is 12.2. The Bertz CT molecular complexity index is 557. The standard InChI is InChI=1S/C17H21NO3/c1-12-11-13(8-10-16(19)20)7-9-15(12)18-17(21)14-5-3-2-4-6-14/h7-11,14H,2-6H2,1H3,(H,18,21)(H,19,20). The first-order valence-electron chi connectivity index (χ1n) is 7.39. The zero-order valence-electron chi connectivity index (χ0n) is 12.3. The van der Waals surface area contributed by atoms with Crippen LogP contribution in [0.1, 0.15) is 43.2 Å². The van der Waals surface area contributed by atoms with Gasteiger partial charge in [-0.15, -0.1) is 0 Å². The van der Waals surface area contributed by atoms with E-state index in [1.165, 1.54) is 6.42 Å². The molecule has 0 bridgehead atoms. The fourth-order valence-corrected chi connectivity index (χ4v) is 2.70. The van der Waals surface area contributed by atoms with Gasteiger partial charge in [-0.1, -0.05) is 25.3 Å². The maximum Gasteiger partial charge on any atom is 0.328 e. The van der Waals surface area contributed by atoms with Crippen LogP contribution in [0.4, 0.5) is 5.69 Å². The van der Waals surface area contributed by atoms with Crippen LogP contribution in [0, 0.1) is 12.8 Å². The molecule has 21 heavy (non-hydrogen) atoms. The van der Waals surface area contributed by atoms with Crippen molar-refractivity contribution < 1.29 is 14.7 Å². The Hall–Kier alpha value is -2.10. The third-order valence-electron chi connectivity index (χ3n) is 3.90. The highest BCUT2D eigenvalue weighted by Gasteiger charge is 2.21. The lowest BCUT2D eigenvalue weighted by molar-refractivity contribution is -0.131. The third-order valence-corrected chi connectivity index (χ3v) is 3.90. The Kier molecular flexibility index (Phi) is 5.14. The van der Waals surface area contributed by atoms with Crippen molar-refractivity contribution in [1.82, 2.24) is 0 Å². The van der Waals surface area contributed by atoms with Gasteiger partial charge in [-0.25, -0.2) is 4.79 Å². The van der Waals surface area contributed by atoms with Crippen LogP contribution in [0.2, 0.25) is 0 Å². The van der Waals surface area contributed by atoms with E-state index in [1.54, 1.807) is 6.08 Å². The largest absolute Gasteiger partial charge is 0.478 e. The van der Waals surface area contributed by atoms with Crippen molar-refractivity contribution in [2.75, 3.05) is 5.32 Å². The zero-order chi connectivity index (χ0) is 15.2. The summed E-state index contributed by atoms with van der Waals surface area (Å²) in [5.74, 6) is -0.737. The second kappa shape index (κ2) is 7.07. The van der Waals surface area contributed by atoms with Crippen molar-refractivity contribution in [3.8, 4) is 0 Å². The Morgan fingerprint density at radius 1 is 1.24 bits per heavy atom. The summed E-state index contributed by atoms with van der Waals surface area (Å²) < 4.78 is 0. The number of carboxylic acid groups (broad SMARTS) is 1. The molecule has 0 saturated heterocycles. The lowest BCUT2D eigenvalue weighted by Gasteiger charge is -2.21. The smallest absolute Gasteiger partial charge is 0.328 e. The van der Waals surface area contributed by atoms with Gasteiger partial charge in [0.15, 0.2) is 0 Å². The second-order valence-electron chi connectivity index (χ2n) is 5.57. The summed E-state index contributed by atoms with van der Waals surface area (Å²) in [4.78, 5) is 22.7. The molecular weight excluding hydrogens is 266 g/mol. The molecule has 1 aromatic carbocycles. The number of hydrogen-bond acceptors (Lipinski definition) is 2. The molecule has 1 aliphatic carbocycles. The number of anilines is 1. The van der Waals surface area contributed by atoms with E-state index >= 15 is 0 Å². The number of carbonyl (C=O) groups excluding carboxylic acids is 1. The number of carboxylic acids is 1. The molecule has 0 unspecified atom stereocenters. The first kappa shape index (κ1) is 15.3. The molecule has 1 aromatic rings. The first-order valence-corrected chi connectivity index (χ1v) is 7.39. The minimum atomic E-state index is -0.970. The van der Waals surface area contributed by atoms with Gasteiger partial charge in [0, 0.05) is 17.7 Å². The van der Waals surface area contributed by atoms with Gasteiger partial charge >= 0.3 is 5.97 Å². The molecule has 0 heterocycles. The van der Waals surface area contributed by atoms with Crippen LogP contribution in [0.25, 0.3) is 6.08 Å². The molecule has 0 radical (unpaired) electrons. The van der Waals surface area contributed by atoms with Crippen LogP contribution < -0.4 is 5.32 Å². The monoisotopic (exact) mass is 287 g/mol. The van der Waals surface area contributed by atoms with Crippen LogP contribution in [0.3, 0.4) is 0 Å². The van der Waals surface area contributed by atoms with Crippen LogP contribution >= 0.6 is 0 Å². The number of aliphatic carboxylic acids is 1. The molecule has 1 saturated carbocycles. The van der Waals surface area contributed by atoms with Crippen molar-refractivity contribution >= 4 is 23.6 Å². The van der Waals surface area contributed by atoms with Crippen molar-refractivity contribution in [1.29, 1.82) is 0 Å². The molecule has 1 fully saturated rings. The van der Waals surface area contributed by atoms with E-state index < -0.39 is 5.97 Å². The summed E-state index contributed by atoms with van der Waals surface area (Å²) in [5.41, 5.74) is 2.55. The summed E-state index contributed by atoms with van der Waals surface area (Å²) in [6.45, 7) is 1.91. The highest BCUT2D eigenvalue weighted by Crippen LogP contribution is 2.26. The lowest BCUT2D eigenvalue weighted by atomic mass is 9.88. The van der Waals surface area contributed by atoms with Crippen LogP contribution in [0.15, 0.2) is 24.3 Å². The molecule has 2 N–H and O–H groups in total. The van der Waals surface area contributed by atoms with Gasteiger partial charge in [0.25, 0.3) is 0 Å². The van der Waals surface area contributed by atoms with Crippen molar-refractivity contribution in [2.45, 2.75) is 39.0 Å². The summed E-state index contributed by atoms with van der Waals surface area (Å²) >= 11 is 0. The van der Waals surface area contributed by atoms with Crippen molar-refractivity contribution in [2.24, 2.45) is 5.92 Å². The molecule has 2 rings (SSSR count). The number of benzene rings is 1. The molecular formula is C17H21NO3. The average molecular weight is 287 g/mol. The van der Waals surface area contributed by atoms with Gasteiger partial charge in [-0.3, -0.25) is 4.79 Å². The number of rotatable bonds is 4. The van der Waals surface area contributed by atoms with E-state index in [9.17, 15) is 9.59 Å². The molecule has 1 aliphatic rings. The van der Waals surface area contributed by atoms with Gasteiger partial charge in [0.1, 0.15) is 0 Å². The molecule has 1 amide bonds. The van der Waals surface area contributed by atoms with Gasteiger partial charge in [0.05, 0.1) is 0 Å². The maximum atomic E-state index is 12.2. The zero-order valence-corrected chi connectivity index (χ0v) is 12.3. The van der Waals surface area contributed by atoms with E-state index in [4.69, 9.17) is 5.11 Å². The summed E-state index contributed by atoms with van der Waals surface area (Å²) in [6, 6.07) is 5.51. The van der Waals surface area contributed by atoms with E-state index in [0.717, 1.165) is 48.6 Å². The highest BCUT2D eigenvalue weighted by molar-refractivity contribution is 5.93. The van der Waals surface area contributed by atoms with Crippen LogP contribution in [0.5, 0.6) is 0 Å². The number of carbonyl (C=O) groups is 2. The fourth-order valence-electron chi connectivity index (χ4n) is 2.70. The molecule has 4 heteroatoms. The predicted molar refractivity (Wildman–Crippen MR) is 83.1 cm³/mol. The normalized spacial score (nSPS) is 16.0. The lowest BCUT2D eigenvalue weighted by Crippen LogP contribution is -2.25. The Balaban J connectivity index is 2.03. The second-order valence-corrected chi connectivity index (χ2v) is 5.57. The summed E-state index contributed by atoms with van der Waals surface area (Å²) in [5, 5.41) is 11.6. The minimum Gasteiger partial charge on any atom is -0.478 e. The molecule has 0 aromatic heterocycles. The van der Waals surface area contributed by atoms with Crippen molar-refractivity contribution in [3.05, 3.63) is 35.4 Å². The van der Waals surface area contributed by atoms with Crippen molar-refractivity contribution in [3.63, 3.8) is 0 Å². The van der Waals surface area contributed by atoms with E-state index in [-0.39, 0.29) is 11.8 Å². The van der Waals surface area contributed by atoms with Gasteiger partial charge in [0.2, 0.25) is 5.91 Å².